The molecule has 3 N–H and O–H groups in total. The van der Waals surface area contributed by atoms with Gasteiger partial charge >= 0.3 is 11.7 Å². The van der Waals surface area contributed by atoms with Crippen LogP contribution in [0.3, 0.4) is 0 Å². The third-order valence-corrected chi connectivity index (χ3v) is 9.29. The number of fused-ring (bicyclic) bond motifs is 1. The molecule has 5 rings (SSSR count). The number of amides is 2. The predicted molar refractivity (Wildman–Crippen MR) is 185 cm³/mol. The first kappa shape index (κ1) is 35.6. The number of anilines is 1. The first-order valence-corrected chi connectivity index (χ1v) is 16.1. The van der Waals surface area contributed by atoms with E-state index >= 15 is 8.78 Å². The molecule has 3 aromatic carbocycles. The van der Waals surface area contributed by atoms with Crippen LogP contribution in [0, 0.1) is 11.6 Å². The Bertz CT molecular complexity index is 2070. The van der Waals surface area contributed by atoms with Gasteiger partial charge in [-0.3, -0.25) is 19.1 Å². The molecule has 14 heteroatoms. The lowest BCUT2D eigenvalue weighted by Gasteiger charge is -2.19. The molecule has 5 aromatic rings. The van der Waals surface area contributed by atoms with Crippen LogP contribution in [0.1, 0.15) is 30.5 Å². The van der Waals surface area contributed by atoms with Crippen LogP contribution in [0.2, 0.25) is 0 Å². The number of likely N-dealkylation sites (N-methyl/N-ethyl adjacent to an activating group) is 1. The predicted octanol–water partition coefficient (Wildman–Crippen LogP) is 5.20. The Balaban J connectivity index is 1.79. The molecule has 49 heavy (non-hydrogen) atoms. The van der Waals surface area contributed by atoms with E-state index in [0.29, 0.717) is 40.4 Å². The smallest absolute Gasteiger partial charge is 0.343 e. The van der Waals surface area contributed by atoms with Gasteiger partial charge in [-0.1, -0.05) is 30.3 Å². The molecule has 11 nitrogen and oxygen atoms in total. The summed E-state index contributed by atoms with van der Waals surface area (Å²) in [5.74, 6) is -1.66. The van der Waals surface area contributed by atoms with Gasteiger partial charge in [0.05, 0.1) is 36.9 Å². The number of aliphatic hydroxyl groups is 1. The summed E-state index contributed by atoms with van der Waals surface area (Å²) in [7, 11) is 4.77. The van der Waals surface area contributed by atoms with Crippen molar-refractivity contribution in [1.29, 1.82) is 0 Å². The largest absolute Gasteiger partial charge is 0.386 e. The molecule has 0 saturated carbocycles. The van der Waals surface area contributed by atoms with Gasteiger partial charge in [0.2, 0.25) is 0 Å². The molecule has 0 saturated heterocycles. The summed E-state index contributed by atoms with van der Waals surface area (Å²) in [6.45, 7) is 3.98. The number of urea groups is 1. The molecular formula is C35H37F2N5O6S. The van der Waals surface area contributed by atoms with E-state index in [2.05, 4.69) is 15.6 Å². The van der Waals surface area contributed by atoms with Crippen LogP contribution in [-0.4, -0.2) is 59.6 Å². The number of hydrogen-bond donors (Lipinski definition) is 3. The van der Waals surface area contributed by atoms with Crippen molar-refractivity contribution in [1.82, 2.24) is 19.5 Å². The van der Waals surface area contributed by atoms with Crippen LogP contribution in [-0.2, 0) is 28.3 Å². The van der Waals surface area contributed by atoms with Gasteiger partial charge in [-0.2, -0.15) is 0 Å². The minimum atomic E-state index is -1.17. The van der Waals surface area contributed by atoms with Gasteiger partial charge in [-0.15, -0.1) is 11.3 Å². The molecule has 0 aliphatic rings. The maximum Gasteiger partial charge on any atom is 0.343 e. The third-order valence-electron chi connectivity index (χ3n) is 7.99. The summed E-state index contributed by atoms with van der Waals surface area (Å²) in [6, 6.07) is 16.1. The van der Waals surface area contributed by atoms with Crippen molar-refractivity contribution >= 4 is 33.3 Å². The van der Waals surface area contributed by atoms with Gasteiger partial charge in [0.25, 0.3) is 5.56 Å². The highest BCUT2D eigenvalue weighted by molar-refractivity contribution is 7.22. The Morgan fingerprint density at radius 1 is 0.980 bits per heavy atom. The minimum absolute atomic E-state index is 0.217. The van der Waals surface area contributed by atoms with Gasteiger partial charge in [-0.25, -0.2) is 28.4 Å². The van der Waals surface area contributed by atoms with Crippen LogP contribution >= 0.6 is 11.3 Å². The number of hydrogen-bond acceptors (Lipinski definition) is 8. The van der Waals surface area contributed by atoms with E-state index in [9.17, 15) is 19.5 Å². The Morgan fingerprint density at radius 3 is 2.22 bits per heavy atom. The lowest BCUT2D eigenvalue weighted by molar-refractivity contribution is 0.0786. The van der Waals surface area contributed by atoms with Gasteiger partial charge in [0.1, 0.15) is 16.5 Å². The van der Waals surface area contributed by atoms with Crippen LogP contribution in [0.15, 0.2) is 76.3 Å². The van der Waals surface area contributed by atoms with E-state index < -0.39 is 41.1 Å². The molecule has 2 aromatic heterocycles. The van der Waals surface area contributed by atoms with Crippen molar-refractivity contribution in [3.05, 3.63) is 116 Å². The van der Waals surface area contributed by atoms with Gasteiger partial charge in [0, 0.05) is 36.3 Å². The van der Waals surface area contributed by atoms with E-state index in [1.165, 1.54) is 17.7 Å². The van der Waals surface area contributed by atoms with Crippen molar-refractivity contribution in [2.75, 3.05) is 39.7 Å². The number of carbonyl (C=O) groups excluding carboxylic acids is 1. The summed E-state index contributed by atoms with van der Waals surface area (Å²) in [5.41, 5.74) is 1.85. The Hall–Kier alpha value is -4.73. The average molecular weight is 694 g/mol. The normalized spacial score (nSPS) is 11.8. The number of ether oxygens (including phenoxy) is 1. The monoisotopic (exact) mass is 693 g/mol. The fraction of sp³-hybridized carbons (Fsp3) is 0.286. The Morgan fingerprint density at radius 2 is 1.63 bits per heavy atom. The molecule has 0 fully saturated rings. The molecule has 2 heterocycles. The Labute approximate surface area is 284 Å². The third kappa shape index (κ3) is 7.63. The highest BCUT2D eigenvalue weighted by Gasteiger charge is 2.26. The van der Waals surface area contributed by atoms with Crippen molar-refractivity contribution in [3.63, 3.8) is 0 Å². The molecule has 0 aliphatic carbocycles. The fourth-order valence-electron chi connectivity index (χ4n) is 5.43. The second kappa shape index (κ2) is 14.8. The fourth-order valence-corrected chi connectivity index (χ4v) is 6.73. The molecule has 258 valence electrons. The number of thiophene rings is 1. The summed E-state index contributed by atoms with van der Waals surface area (Å²) in [6.07, 6.45) is 0. The topological polar surface area (TPSA) is 127 Å². The lowest BCUT2D eigenvalue weighted by Crippen LogP contribution is -2.39. The number of nitrogens with one attached hydrogen (secondary N) is 2. The summed E-state index contributed by atoms with van der Waals surface area (Å²) < 4.78 is 37.6. The molecule has 0 spiro atoms. The number of nitrogens with zero attached hydrogens (tertiary/aromatic N) is 3. The first-order chi connectivity index (χ1) is 23.3. The zero-order chi connectivity index (χ0) is 35.5. The number of hydroxylamine groups is 1. The summed E-state index contributed by atoms with van der Waals surface area (Å²) in [5, 5.41) is 13.3. The quantitative estimate of drug-likeness (QED) is 0.154. The van der Waals surface area contributed by atoms with E-state index in [1.54, 1.807) is 69.5 Å². The number of methoxy groups -OCH3 is 1. The average Bonchev–Trinajstić information content (AvgIpc) is 3.42. The molecule has 0 radical (unpaired) electrons. The zero-order valence-electron chi connectivity index (χ0n) is 27.7. The van der Waals surface area contributed by atoms with Crippen molar-refractivity contribution in [2.45, 2.75) is 32.5 Å². The second-order valence-corrected chi connectivity index (χ2v) is 13.0. The summed E-state index contributed by atoms with van der Waals surface area (Å²) in [4.78, 5) is 48.3. The van der Waals surface area contributed by atoms with Crippen molar-refractivity contribution in [3.8, 4) is 16.1 Å². The number of benzene rings is 3. The zero-order valence-corrected chi connectivity index (χ0v) is 28.5. The van der Waals surface area contributed by atoms with E-state index in [1.807, 2.05) is 11.9 Å². The van der Waals surface area contributed by atoms with Crippen LogP contribution in [0.4, 0.5) is 19.3 Å². The van der Waals surface area contributed by atoms with E-state index in [0.717, 1.165) is 28.0 Å². The maximum absolute atomic E-state index is 15.0. The molecule has 0 bridgehead atoms. The highest BCUT2D eigenvalue weighted by Crippen LogP contribution is 2.38. The molecule has 0 aliphatic heterocycles. The van der Waals surface area contributed by atoms with E-state index in [4.69, 9.17) is 4.74 Å². The molecule has 0 unspecified atom stereocenters. The van der Waals surface area contributed by atoms with Crippen LogP contribution < -0.4 is 22.0 Å². The Kier molecular flexibility index (Phi) is 10.7. The highest BCUT2D eigenvalue weighted by atomic mass is 32.1. The lowest BCUT2D eigenvalue weighted by atomic mass is 9.98. The minimum Gasteiger partial charge on any atom is -0.386 e. The van der Waals surface area contributed by atoms with Gasteiger partial charge < -0.3 is 15.2 Å². The van der Waals surface area contributed by atoms with Crippen molar-refractivity contribution in [2.24, 2.45) is 0 Å². The van der Waals surface area contributed by atoms with Crippen LogP contribution in [0.5, 0.6) is 0 Å². The van der Waals surface area contributed by atoms with Gasteiger partial charge in [-0.05, 0) is 74.0 Å². The van der Waals surface area contributed by atoms with Crippen molar-refractivity contribution < 1.29 is 28.3 Å². The number of rotatable bonds is 12. The number of halogens is 2. The number of aromatic nitrogens is 2. The van der Waals surface area contributed by atoms with E-state index in [-0.39, 0.29) is 28.0 Å². The standard InChI is InChI=1S/C35H37F2N5O6S/c1-35(2,46)22-11-15-24(16-12-22)42-31(43)29-26(19-40(3)17-18-47-4)30(21-9-13-23(14-10-21)38-33(44)39-48-5)49-32(29)41(34(42)45)20-25-27(36)7-6-8-28(25)37/h6-16,46H,17-20H2,1-5H3,(H2,38,39,44). The van der Waals surface area contributed by atoms with Crippen LogP contribution in [0.25, 0.3) is 26.3 Å². The second-order valence-electron chi connectivity index (χ2n) is 12.0. The summed E-state index contributed by atoms with van der Waals surface area (Å²) >= 11 is 1.16. The first-order valence-electron chi connectivity index (χ1n) is 15.3. The molecular weight excluding hydrogens is 656 g/mol. The number of carbonyl (C=O) groups is 1. The molecule has 2 amide bonds. The maximum atomic E-state index is 15.0. The van der Waals surface area contributed by atoms with Gasteiger partial charge in [0.15, 0.2) is 0 Å². The molecule has 0 atom stereocenters. The SMILES string of the molecule is COCCN(C)Cc1c(-c2ccc(NC(=O)NOC)cc2)sc2c1c(=O)n(-c1ccc(C(C)(C)O)cc1)c(=O)n2Cc1c(F)cccc1F.